The van der Waals surface area contributed by atoms with Gasteiger partial charge in [0.05, 0.1) is 5.75 Å². The predicted octanol–water partition coefficient (Wildman–Crippen LogP) is 1.33. The van der Waals surface area contributed by atoms with Crippen molar-refractivity contribution in [3.8, 4) is 0 Å². The average Bonchev–Trinajstić information content (AvgIpc) is 2.19. The molecule has 1 aliphatic heterocycles. The highest BCUT2D eigenvalue weighted by atomic mass is 32.2. The van der Waals surface area contributed by atoms with E-state index in [0.29, 0.717) is 13.0 Å². The summed E-state index contributed by atoms with van der Waals surface area (Å²) in [6.07, 6.45) is -5.11. The van der Waals surface area contributed by atoms with Crippen molar-refractivity contribution >= 4 is 10.0 Å². The van der Waals surface area contributed by atoms with Crippen LogP contribution in [0.2, 0.25) is 0 Å². The number of nitrogens with two attached hydrogens (primary N) is 1. The van der Waals surface area contributed by atoms with E-state index in [9.17, 15) is 21.6 Å². The maximum Gasteiger partial charge on any atom is 0.389 e. The molecule has 1 heterocycles. The summed E-state index contributed by atoms with van der Waals surface area (Å²) >= 11 is 0. The first-order chi connectivity index (χ1) is 8.12. The number of hydrogen-bond donors (Lipinski definition) is 1. The SMILES string of the molecule is CC1CCN(S(=O)(=O)CCCC(F)(F)F)CC1N. The Balaban J connectivity index is 2.49. The van der Waals surface area contributed by atoms with E-state index in [0.717, 1.165) is 0 Å². The zero-order chi connectivity index (χ0) is 14.0. The molecule has 2 N–H and O–H groups in total. The second-order valence-corrected chi connectivity index (χ2v) is 6.91. The van der Waals surface area contributed by atoms with Gasteiger partial charge in [-0.2, -0.15) is 13.2 Å². The van der Waals surface area contributed by atoms with Gasteiger partial charge < -0.3 is 5.73 Å². The summed E-state index contributed by atoms with van der Waals surface area (Å²) in [6, 6.07) is -0.240. The molecule has 108 valence electrons. The summed E-state index contributed by atoms with van der Waals surface area (Å²) in [5.74, 6) is -0.222. The van der Waals surface area contributed by atoms with Crippen molar-refractivity contribution in [1.29, 1.82) is 0 Å². The van der Waals surface area contributed by atoms with E-state index in [1.165, 1.54) is 4.31 Å². The van der Waals surface area contributed by atoms with Crippen LogP contribution in [0.15, 0.2) is 0 Å². The quantitative estimate of drug-likeness (QED) is 0.849. The minimum Gasteiger partial charge on any atom is -0.326 e. The molecule has 0 saturated carbocycles. The zero-order valence-electron chi connectivity index (χ0n) is 10.3. The fraction of sp³-hybridized carbons (Fsp3) is 1.00. The van der Waals surface area contributed by atoms with E-state index in [1.807, 2.05) is 6.92 Å². The second-order valence-electron chi connectivity index (χ2n) is 4.82. The lowest BCUT2D eigenvalue weighted by atomic mass is 9.96. The highest BCUT2D eigenvalue weighted by Crippen LogP contribution is 2.23. The Morgan fingerprint density at radius 1 is 1.39 bits per heavy atom. The monoisotopic (exact) mass is 288 g/mol. The van der Waals surface area contributed by atoms with E-state index in [2.05, 4.69) is 0 Å². The van der Waals surface area contributed by atoms with Crippen molar-refractivity contribution < 1.29 is 21.6 Å². The van der Waals surface area contributed by atoms with Crippen molar-refractivity contribution in [1.82, 2.24) is 4.31 Å². The van der Waals surface area contributed by atoms with Crippen LogP contribution in [0.5, 0.6) is 0 Å². The number of nitrogens with zero attached hydrogens (tertiary/aromatic N) is 1. The summed E-state index contributed by atoms with van der Waals surface area (Å²) in [7, 11) is -3.61. The van der Waals surface area contributed by atoms with Crippen LogP contribution in [-0.4, -0.2) is 43.8 Å². The molecule has 8 heteroatoms. The molecular weight excluding hydrogens is 269 g/mol. The van der Waals surface area contributed by atoms with Gasteiger partial charge >= 0.3 is 6.18 Å². The molecule has 1 fully saturated rings. The highest BCUT2D eigenvalue weighted by molar-refractivity contribution is 7.89. The highest BCUT2D eigenvalue weighted by Gasteiger charge is 2.32. The van der Waals surface area contributed by atoms with Gasteiger partial charge in [0.25, 0.3) is 0 Å². The molecule has 0 radical (unpaired) electrons. The van der Waals surface area contributed by atoms with Gasteiger partial charge in [0.2, 0.25) is 10.0 Å². The van der Waals surface area contributed by atoms with Gasteiger partial charge in [-0.25, -0.2) is 12.7 Å². The third kappa shape index (κ3) is 4.74. The second kappa shape index (κ2) is 5.75. The molecule has 0 aliphatic carbocycles. The van der Waals surface area contributed by atoms with Gasteiger partial charge in [-0.05, 0) is 18.8 Å². The van der Waals surface area contributed by atoms with Crippen LogP contribution >= 0.6 is 0 Å². The summed E-state index contributed by atoms with van der Waals surface area (Å²) in [4.78, 5) is 0. The summed E-state index contributed by atoms with van der Waals surface area (Å²) in [6.45, 7) is 2.50. The Hall–Kier alpha value is -0.340. The van der Waals surface area contributed by atoms with Crippen molar-refractivity contribution in [3.05, 3.63) is 0 Å². The van der Waals surface area contributed by atoms with Crippen molar-refractivity contribution in [2.75, 3.05) is 18.8 Å². The Kier molecular flexibility index (Phi) is 5.02. The molecule has 0 aromatic rings. The molecule has 1 saturated heterocycles. The van der Waals surface area contributed by atoms with Crippen LogP contribution in [0, 0.1) is 5.92 Å². The molecular formula is C10H19F3N2O2S. The number of piperidine rings is 1. The third-order valence-electron chi connectivity index (χ3n) is 3.24. The minimum absolute atomic E-state index is 0.204. The number of hydrogen-bond acceptors (Lipinski definition) is 3. The lowest BCUT2D eigenvalue weighted by Gasteiger charge is -2.34. The maximum atomic E-state index is 12.0. The number of halogens is 3. The number of alkyl halides is 3. The minimum atomic E-state index is -4.30. The van der Waals surface area contributed by atoms with Crippen LogP contribution < -0.4 is 5.73 Å². The molecule has 0 bridgehead atoms. The van der Waals surface area contributed by atoms with Crippen LogP contribution in [0.1, 0.15) is 26.2 Å². The van der Waals surface area contributed by atoms with E-state index in [4.69, 9.17) is 5.73 Å². The fourth-order valence-corrected chi connectivity index (χ4v) is 3.46. The number of rotatable bonds is 4. The lowest BCUT2D eigenvalue weighted by Crippen LogP contribution is -2.50. The topological polar surface area (TPSA) is 63.4 Å². The molecule has 0 aromatic carbocycles. The molecule has 0 aromatic heterocycles. The molecule has 18 heavy (non-hydrogen) atoms. The predicted molar refractivity (Wildman–Crippen MR) is 62.4 cm³/mol. The zero-order valence-corrected chi connectivity index (χ0v) is 11.1. The van der Waals surface area contributed by atoms with E-state index in [1.54, 1.807) is 0 Å². The summed E-state index contributed by atoms with van der Waals surface area (Å²) in [5, 5.41) is 0. The lowest BCUT2D eigenvalue weighted by molar-refractivity contribution is -0.134. The first kappa shape index (κ1) is 15.7. The third-order valence-corrected chi connectivity index (χ3v) is 5.16. The fourth-order valence-electron chi connectivity index (χ4n) is 1.90. The molecule has 2 atom stereocenters. The average molecular weight is 288 g/mol. The normalized spacial score (nSPS) is 27.4. The van der Waals surface area contributed by atoms with Gasteiger partial charge in [-0.3, -0.25) is 0 Å². The Morgan fingerprint density at radius 3 is 2.50 bits per heavy atom. The molecule has 2 unspecified atom stereocenters. The summed E-state index contributed by atoms with van der Waals surface area (Å²) < 4.78 is 60.7. The van der Waals surface area contributed by atoms with E-state index < -0.39 is 34.8 Å². The van der Waals surface area contributed by atoms with Gasteiger partial charge in [0.15, 0.2) is 0 Å². The van der Waals surface area contributed by atoms with Crippen molar-refractivity contribution in [3.63, 3.8) is 0 Å². The van der Waals surface area contributed by atoms with E-state index >= 15 is 0 Å². The van der Waals surface area contributed by atoms with Crippen LogP contribution in [0.3, 0.4) is 0 Å². The largest absolute Gasteiger partial charge is 0.389 e. The van der Waals surface area contributed by atoms with Gasteiger partial charge in [-0.15, -0.1) is 0 Å². The molecule has 1 aliphatic rings. The maximum absolute atomic E-state index is 12.0. The van der Waals surface area contributed by atoms with Gasteiger partial charge in [0, 0.05) is 25.6 Å². The molecule has 0 spiro atoms. The summed E-state index contributed by atoms with van der Waals surface area (Å²) in [5.41, 5.74) is 5.78. The molecule has 0 amide bonds. The first-order valence-electron chi connectivity index (χ1n) is 5.92. The molecule has 4 nitrogen and oxygen atoms in total. The van der Waals surface area contributed by atoms with E-state index in [-0.39, 0.29) is 18.5 Å². The first-order valence-corrected chi connectivity index (χ1v) is 7.53. The smallest absolute Gasteiger partial charge is 0.326 e. The van der Waals surface area contributed by atoms with Crippen LogP contribution in [0.25, 0.3) is 0 Å². The Labute approximate surface area is 105 Å². The number of sulfonamides is 1. The Morgan fingerprint density at radius 2 is 2.00 bits per heavy atom. The van der Waals surface area contributed by atoms with Crippen molar-refractivity contribution in [2.24, 2.45) is 11.7 Å². The van der Waals surface area contributed by atoms with Crippen LogP contribution in [-0.2, 0) is 10.0 Å². The molecule has 1 rings (SSSR count). The van der Waals surface area contributed by atoms with Crippen LogP contribution in [0.4, 0.5) is 13.2 Å². The van der Waals surface area contributed by atoms with Crippen molar-refractivity contribution in [2.45, 2.75) is 38.4 Å². The van der Waals surface area contributed by atoms with Gasteiger partial charge in [0.1, 0.15) is 0 Å². The van der Waals surface area contributed by atoms with Gasteiger partial charge in [-0.1, -0.05) is 6.92 Å². The Bertz CT molecular complexity index is 370. The standard InChI is InChI=1S/C10H19F3N2O2S/c1-8-3-5-15(7-9(8)14)18(16,17)6-2-4-10(11,12)13/h8-9H,2-7,14H2,1H3.